The summed E-state index contributed by atoms with van der Waals surface area (Å²) in [6.07, 6.45) is 0.276. The molecule has 1 aromatic carbocycles. The van der Waals surface area contributed by atoms with Crippen LogP contribution in [0.1, 0.15) is 28.5 Å². The smallest absolute Gasteiger partial charge is 0.151 e. The molecule has 1 aliphatic rings. The van der Waals surface area contributed by atoms with Crippen molar-refractivity contribution in [2.45, 2.75) is 19.1 Å². The Morgan fingerprint density at radius 3 is 2.71 bits per heavy atom. The van der Waals surface area contributed by atoms with Crippen LogP contribution in [0, 0.1) is 11.3 Å². The molecule has 0 saturated heterocycles. The maximum absolute atomic E-state index is 10.5. The van der Waals surface area contributed by atoms with Crippen molar-refractivity contribution >= 4 is 5.82 Å². The third-order valence-electron chi connectivity index (χ3n) is 4.32. The minimum atomic E-state index is -0.567. The van der Waals surface area contributed by atoms with E-state index in [2.05, 4.69) is 27.2 Å². The van der Waals surface area contributed by atoms with Crippen LogP contribution in [-0.2, 0) is 13.0 Å². The number of nitriles is 1. The summed E-state index contributed by atoms with van der Waals surface area (Å²) in [5.74, 6) is 0.850. The average molecular weight is 323 g/mol. The summed E-state index contributed by atoms with van der Waals surface area (Å²) >= 11 is 0. The number of β-amino-alcohol motifs (C(OH)–C–C–N with tert-alkyl or cyclic N) is 1. The van der Waals surface area contributed by atoms with Gasteiger partial charge in [-0.25, -0.2) is 0 Å². The molecule has 0 spiro atoms. The minimum Gasteiger partial charge on any atom is -0.387 e. The maximum atomic E-state index is 10.5. The van der Waals surface area contributed by atoms with Crippen molar-refractivity contribution in [1.82, 2.24) is 15.1 Å². The Labute approximate surface area is 142 Å². The molecule has 0 aliphatic carbocycles. The molecule has 3 rings (SSSR count). The zero-order valence-corrected chi connectivity index (χ0v) is 14.0. The second kappa shape index (κ2) is 6.95. The quantitative estimate of drug-likeness (QED) is 0.919. The number of rotatable bonds is 4. The van der Waals surface area contributed by atoms with Gasteiger partial charge in [-0.2, -0.15) is 10.4 Å². The monoisotopic (exact) mass is 323 g/mol. The molecule has 2 aromatic rings. The van der Waals surface area contributed by atoms with Crippen LogP contribution >= 0.6 is 0 Å². The lowest BCUT2D eigenvalue weighted by Crippen LogP contribution is -2.34. The molecule has 0 fully saturated rings. The van der Waals surface area contributed by atoms with E-state index in [1.807, 2.05) is 31.1 Å². The standard InChI is InChI=1S/C18H21N5O/c1-22(2)18-9-15-11-23(8-7-16(15)20-21-18)12-17(24)14-5-3-13(10-19)4-6-14/h3-6,9,17,24H,7-8,11-12H2,1-2H3. The zero-order valence-electron chi connectivity index (χ0n) is 14.0. The van der Waals surface area contributed by atoms with Gasteiger partial charge in [0.25, 0.3) is 0 Å². The first-order valence-electron chi connectivity index (χ1n) is 8.00. The van der Waals surface area contributed by atoms with E-state index in [0.29, 0.717) is 12.1 Å². The average Bonchev–Trinajstić information content (AvgIpc) is 2.61. The van der Waals surface area contributed by atoms with Gasteiger partial charge in [-0.05, 0) is 29.3 Å². The molecule has 0 saturated carbocycles. The van der Waals surface area contributed by atoms with Gasteiger partial charge in [-0.3, -0.25) is 4.90 Å². The molecule has 2 heterocycles. The second-order valence-electron chi connectivity index (χ2n) is 6.30. The molecule has 1 atom stereocenters. The number of nitrogens with zero attached hydrogens (tertiary/aromatic N) is 5. The van der Waals surface area contributed by atoms with Gasteiger partial charge in [0, 0.05) is 40.2 Å². The first-order valence-corrected chi connectivity index (χ1v) is 8.00. The number of benzene rings is 1. The van der Waals surface area contributed by atoms with Crippen molar-refractivity contribution in [1.29, 1.82) is 5.26 Å². The highest BCUT2D eigenvalue weighted by molar-refractivity contribution is 5.40. The molecule has 1 unspecified atom stereocenters. The summed E-state index contributed by atoms with van der Waals surface area (Å²) in [6, 6.07) is 11.3. The molecule has 124 valence electrons. The van der Waals surface area contributed by atoms with Crippen molar-refractivity contribution in [2.24, 2.45) is 0 Å². The van der Waals surface area contributed by atoms with Gasteiger partial charge in [-0.15, -0.1) is 5.10 Å². The van der Waals surface area contributed by atoms with E-state index in [-0.39, 0.29) is 0 Å². The van der Waals surface area contributed by atoms with Crippen molar-refractivity contribution in [3.8, 4) is 6.07 Å². The largest absolute Gasteiger partial charge is 0.387 e. The van der Waals surface area contributed by atoms with Crippen molar-refractivity contribution in [2.75, 3.05) is 32.1 Å². The normalized spacial score (nSPS) is 15.4. The molecule has 1 N–H and O–H groups in total. The summed E-state index contributed by atoms with van der Waals surface area (Å²) in [6.45, 7) is 2.18. The minimum absolute atomic E-state index is 0.560. The van der Waals surface area contributed by atoms with E-state index < -0.39 is 6.10 Å². The molecule has 0 amide bonds. The molecular formula is C18H21N5O. The Morgan fingerprint density at radius 1 is 1.29 bits per heavy atom. The van der Waals surface area contributed by atoms with Crippen molar-refractivity contribution in [3.05, 3.63) is 52.7 Å². The van der Waals surface area contributed by atoms with Crippen LogP contribution in [0.2, 0.25) is 0 Å². The van der Waals surface area contributed by atoms with Crippen LogP contribution in [0.5, 0.6) is 0 Å². The summed E-state index contributed by atoms with van der Waals surface area (Å²) in [5, 5.41) is 27.9. The Hall–Kier alpha value is -2.49. The number of fused-ring (bicyclic) bond motifs is 1. The third-order valence-corrected chi connectivity index (χ3v) is 4.32. The van der Waals surface area contributed by atoms with Crippen LogP contribution in [0.4, 0.5) is 5.82 Å². The van der Waals surface area contributed by atoms with E-state index in [0.717, 1.165) is 36.6 Å². The van der Waals surface area contributed by atoms with Crippen LogP contribution < -0.4 is 4.90 Å². The summed E-state index contributed by atoms with van der Waals surface area (Å²) in [4.78, 5) is 4.17. The van der Waals surface area contributed by atoms with Gasteiger partial charge in [0.15, 0.2) is 5.82 Å². The molecule has 6 nitrogen and oxygen atoms in total. The van der Waals surface area contributed by atoms with E-state index in [1.54, 1.807) is 12.1 Å². The SMILES string of the molecule is CN(C)c1cc2c(nn1)CCN(CC(O)c1ccc(C#N)cc1)C2. The molecule has 0 bridgehead atoms. The Bertz CT molecular complexity index is 751. The molecule has 24 heavy (non-hydrogen) atoms. The van der Waals surface area contributed by atoms with E-state index in [1.165, 1.54) is 5.56 Å². The number of aliphatic hydroxyl groups is 1. The Kier molecular flexibility index (Phi) is 4.74. The summed E-state index contributed by atoms with van der Waals surface area (Å²) in [7, 11) is 3.90. The van der Waals surface area contributed by atoms with Crippen molar-refractivity contribution < 1.29 is 5.11 Å². The van der Waals surface area contributed by atoms with Gasteiger partial charge in [0.1, 0.15) is 0 Å². The zero-order chi connectivity index (χ0) is 17.1. The van der Waals surface area contributed by atoms with E-state index in [4.69, 9.17) is 5.26 Å². The fourth-order valence-electron chi connectivity index (χ4n) is 2.88. The summed E-state index contributed by atoms with van der Waals surface area (Å²) in [5.41, 5.74) is 3.66. The number of anilines is 1. The highest BCUT2D eigenvalue weighted by Gasteiger charge is 2.21. The molecule has 1 aliphatic heterocycles. The van der Waals surface area contributed by atoms with Gasteiger partial charge in [-0.1, -0.05) is 12.1 Å². The van der Waals surface area contributed by atoms with Gasteiger partial charge in [0.05, 0.1) is 23.4 Å². The first kappa shape index (κ1) is 16.4. The van der Waals surface area contributed by atoms with Gasteiger partial charge in [0.2, 0.25) is 0 Å². The van der Waals surface area contributed by atoms with E-state index in [9.17, 15) is 5.11 Å². The highest BCUT2D eigenvalue weighted by Crippen LogP contribution is 2.22. The van der Waals surface area contributed by atoms with Crippen LogP contribution in [0.25, 0.3) is 0 Å². The van der Waals surface area contributed by atoms with Crippen LogP contribution in [0.15, 0.2) is 30.3 Å². The predicted molar refractivity (Wildman–Crippen MR) is 91.5 cm³/mol. The van der Waals surface area contributed by atoms with Crippen LogP contribution in [0.3, 0.4) is 0 Å². The third kappa shape index (κ3) is 3.53. The summed E-state index contributed by atoms with van der Waals surface area (Å²) < 4.78 is 0. The molecular weight excluding hydrogens is 302 g/mol. The second-order valence-corrected chi connectivity index (χ2v) is 6.30. The molecule has 0 radical (unpaired) electrons. The fourth-order valence-corrected chi connectivity index (χ4v) is 2.88. The van der Waals surface area contributed by atoms with Gasteiger partial charge >= 0.3 is 0 Å². The van der Waals surface area contributed by atoms with Crippen LogP contribution in [-0.4, -0.2) is 47.4 Å². The predicted octanol–water partition coefficient (Wildman–Crippen LogP) is 1.51. The number of aromatic nitrogens is 2. The van der Waals surface area contributed by atoms with E-state index >= 15 is 0 Å². The highest BCUT2D eigenvalue weighted by atomic mass is 16.3. The maximum Gasteiger partial charge on any atom is 0.151 e. The number of hydrogen-bond acceptors (Lipinski definition) is 6. The lowest BCUT2D eigenvalue weighted by Gasteiger charge is -2.30. The first-order chi connectivity index (χ1) is 11.6. The number of hydrogen-bond donors (Lipinski definition) is 1. The molecule has 6 heteroatoms. The number of aliphatic hydroxyl groups excluding tert-OH is 1. The van der Waals surface area contributed by atoms with Crippen molar-refractivity contribution in [3.63, 3.8) is 0 Å². The van der Waals surface area contributed by atoms with Gasteiger partial charge < -0.3 is 10.0 Å². The fraction of sp³-hybridized carbons (Fsp3) is 0.389. The Morgan fingerprint density at radius 2 is 2.04 bits per heavy atom. The molecule has 1 aromatic heterocycles. The Balaban J connectivity index is 1.68. The lowest BCUT2D eigenvalue weighted by molar-refractivity contribution is 0.105. The lowest BCUT2D eigenvalue weighted by atomic mass is 10.0. The topological polar surface area (TPSA) is 76.3 Å².